The highest BCUT2D eigenvalue weighted by atomic mass is 16.5. The highest BCUT2D eigenvalue weighted by molar-refractivity contribution is 5.90. The SMILES string of the molecule is COc1ccc(NC(=O)Cn2cccc3c(=O)n(Cc4ccncc4)c(=O)nc2-3)cc1. The minimum absolute atomic E-state index is 0.0932. The first-order chi connectivity index (χ1) is 15.0. The first-order valence-corrected chi connectivity index (χ1v) is 9.48. The van der Waals surface area contributed by atoms with Gasteiger partial charge in [0.2, 0.25) is 5.91 Å². The molecule has 0 unspecified atom stereocenters. The van der Waals surface area contributed by atoms with Crippen molar-refractivity contribution >= 4 is 11.6 Å². The first kappa shape index (κ1) is 20.0. The standard InChI is InChI=1S/C22H19N5O4/c1-31-17-6-4-16(5-7-17)24-19(28)14-26-12-2-3-18-20(26)25-22(30)27(21(18)29)13-15-8-10-23-11-9-15/h2-12H,13-14H2,1H3,(H,24,28). The topological polar surface area (TPSA) is 108 Å². The van der Waals surface area contributed by atoms with Gasteiger partial charge in [-0.1, -0.05) is 0 Å². The van der Waals surface area contributed by atoms with Crippen LogP contribution in [0.25, 0.3) is 11.4 Å². The Morgan fingerprint density at radius 1 is 1.06 bits per heavy atom. The van der Waals surface area contributed by atoms with E-state index in [-0.39, 0.29) is 30.4 Å². The third kappa shape index (κ3) is 4.35. The number of pyridine rings is 2. The van der Waals surface area contributed by atoms with E-state index in [0.29, 0.717) is 11.4 Å². The number of rotatable bonds is 6. The number of benzene rings is 1. The second-order valence-electron chi connectivity index (χ2n) is 6.79. The lowest BCUT2D eigenvalue weighted by Gasteiger charge is -2.15. The van der Waals surface area contributed by atoms with Crippen molar-refractivity contribution in [3.05, 3.63) is 93.5 Å². The summed E-state index contributed by atoms with van der Waals surface area (Å²) >= 11 is 0. The van der Waals surface area contributed by atoms with Gasteiger partial charge in [-0.05, 0) is 54.1 Å². The largest absolute Gasteiger partial charge is 0.497 e. The molecule has 0 radical (unpaired) electrons. The van der Waals surface area contributed by atoms with Gasteiger partial charge in [0, 0.05) is 24.3 Å². The number of fused-ring (bicyclic) bond motifs is 1. The Bertz CT molecular complexity index is 1300. The molecular formula is C22H19N5O4. The summed E-state index contributed by atoms with van der Waals surface area (Å²) in [5.41, 5.74) is 0.483. The first-order valence-electron chi connectivity index (χ1n) is 9.48. The molecule has 1 amide bonds. The van der Waals surface area contributed by atoms with Gasteiger partial charge in [0.15, 0.2) is 5.82 Å². The second kappa shape index (κ2) is 8.62. The number of hydrogen-bond acceptors (Lipinski definition) is 6. The average molecular weight is 417 g/mol. The molecule has 0 atom stereocenters. The van der Waals surface area contributed by atoms with E-state index in [2.05, 4.69) is 15.3 Å². The van der Waals surface area contributed by atoms with E-state index in [9.17, 15) is 14.4 Å². The van der Waals surface area contributed by atoms with Crippen molar-refractivity contribution < 1.29 is 9.53 Å². The summed E-state index contributed by atoms with van der Waals surface area (Å²) in [5.74, 6) is 0.517. The summed E-state index contributed by atoms with van der Waals surface area (Å²) in [6, 6.07) is 13.6. The van der Waals surface area contributed by atoms with E-state index in [1.54, 1.807) is 74.2 Å². The molecule has 156 valence electrons. The monoisotopic (exact) mass is 417 g/mol. The predicted molar refractivity (Wildman–Crippen MR) is 114 cm³/mol. The fourth-order valence-corrected chi connectivity index (χ4v) is 3.18. The number of carbonyl (C=O) groups excluding carboxylic acids is 1. The lowest BCUT2D eigenvalue weighted by atomic mass is 10.2. The van der Waals surface area contributed by atoms with Crippen molar-refractivity contribution in [3.63, 3.8) is 0 Å². The van der Waals surface area contributed by atoms with Crippen molar-refractivity contribution in [2.24, 2.45) is 0 Å². The summed E-state index contributed by atoms with van der Waals surface area (Å²) in [7, 11) is 1.56. The molecule has 1 aromatic carbocycles. The van der Waals surface area contributed by atoms with Gasteiger partial charge in [-0.15, -0.1) is 0 Å². The quantitative estimate of drug-likeness (QED) is 0.511. The van der Waals surface area contributed by atoms with Crippen molar-refractivity contribution in [1.29, 1.82) is 0 Å². The van der Waals surface area contributed by atoms with E-state index in [1.165, 1.54) is 4.57 Å². The van der Waals surface area contributed by atoms with Crippen molar-refractivity contribution in [2.45, 2.75) is 13.1 Å². The molecule has 0 saturated heterocycles. The molecule has 9 nitrogen and oxygen atoms in total. The van der Waals surface area contributed by atoms with Gasteiger partial charge in [0.1, 0.15) is 12.3 Å². The smallest absolute Gasteiger partial charge is 0.352 e. The molecule has 1 aromatic heterocycles. The zero-order valence-corrected chi connectivity index (χ0v) is 16.7. The molecule has 0 spiro atoms. The van der Waals surface area contributed by atoms with Crippen LogP contribution in [0.5, 0.6) is 5.75 Å². The molecule has 31 heavy (non-hydrogen) atoms. The maximum Gasteiger partial charge on any atom is 0.352 e. The van der Waals surface area contributed by atoms with Crippen LogP contribution in [0, 0.1) is 0 Å². The maximum atomic E-state index is 12.9. The van der Waals surface area contributed by atoms with Crippen LogP contribution < -0.4 is 21.3 Å². The Morgan fingerprint density at radius 3 is 2.52 bits per heavy atom. The molecule has 2 aliphatic rings. The Hall–Kier alpha value is -4.27. The van der Waals surface area contributed by atoms with Gasteiger partial charge >= 0.3 is 5.69 Å². The van der Waals surface area contributed by atoms with E-state index in [4.69, 9.17) is 4.74 Å². The number of ether oxygens (including phenoxy) is 1. The van der Waals surface area contributed by atoms with Crippen molar-refractivity contribution in [2.75, 3.05) is 12.4 Å². The van der Waals surface area contributed by atoms with Gasteiger partial charge in [-0.2, -0.15) is 4.98 Å². The van der Waals surface area contributed by atoms with Crippen LogP contribution in [0.15, 0.2) is 76.7 Å². The summed E-state index contributed by atoms with van der Waals surface area (Å²) in [4.78, 5) is 46.0. The highest BCUT2D eigenvalue weighted by Gasteiger charge is 2.18. The van der Waals surface area contributed by atoms with Crippen LogP contribution in [0.4, 0.5) is 5.69 Å². The van der Waals surface area contributed by atoms with Gasteiger partial charge in [0.25, 0.3) is 5.56 Å². The third-order valence-corrected chi connectivity index (χ3v) is 4.73. The zero-order valence-electron chi connectivity index (χ0n) is 16.7. The zero-order chi connectivity index (χ0) is 21.8. The summed E-state index contributed by atoms with van der Waals surface area (Å²) in [5, 5.41) is 2.77. The summed E-state index contributed by atoms with van der Waals surface area (Å²) in [6.45, 7) is -0.0143. The van der Waals surface area contributed by atoms with Gasteiger partial charge in [0.05, 0.1) is 19.2 Å². The average Bonchev–Trinajstić information content (AvgIpc) is 2.78. The summed E-state index contributed by atoms with van der Waals surface area (Å²) < 4.78 is 7.65. The molecule has 2 aromatic rings. The fraction of sp³-hybridized carbons (Fsp3) is 0.136. The Labute approximate surface area is 176 Å². The molecule has 0 fully saturated rings. The molecule has 0 bridgehead atoms. The van der Waals surface area contributed by atoms with Crippen LogP contribution in [-0.4, -0.2) is 32.1 Å². The third-order valence-electron chi connectivity index (χ3n) is 4.73. The molecular weight excluding hydrogens is 398 g/mol. The molecule has 1 N–H and O–H groups in total. The number of aromatic nitrogens is 4. The van der Waals surface area contributed by atoms with Gasteiger partial charge < -0.3 is 14.6 Å². The lowest BCUT2D eigenvalue weighted by Crippen LogP contribution is -2.38. The number of nitrogens with one attached hydrogen (secondary N) is 1. The molecule has 3 heterocycles. The number of hydrogen-bond donors (Lipinski definition) is 1. The second-order valence-corrected chi connectivity index (χ2v) is 6.79. The molecule has 0 saturated carbocycles. The van der Waals surface area contributed by atoms with E-state index >= 15 is 0 Å². The highest BCUT2D eigenvalue weighted by Crippen LogP contribution is 2.16. The number of nitrogens with zero attached hydrogens (tertiary/aromatic N) is 4. The molecule has 2 aliphatic heterocycles. The Morgan fingerprint density at radius 2 is 1.81 bits per heavy atom. The number of methoxy groups -OCH3 is 1. The normalized spacial score (nSPS) is 10.7. The maximum absolute atomic E-state index is 12.9. The summed E-state index contributed by atoms with van der Waals surface area (Å²) in [6.07, 6.45) is 4.79. The number of carbonyl (C=O) groups is 1. The van der Waals surface area contributed by atoms with Crippen LogP contribution in [0.3, 0.4) is 0 Å². The minimum Gasteiger partial charge on any atom is -0.497 e. The molecule has 4 rings (SSSR count). The van der Waals surface area contributed by atoms with Crippen molar-refractivity contribution in [3.8, 4) is 17.1 Å². The minimum atomic E-state index is -0.676. The Balaban J connectivity index is 1.61. The van der Waals surface area contributed by atoms with Gasteiger partial charge in [-0.25, -0.2) is 4.79 Å². The Kier molecular flexibility index (Phi) is 5.57. The van der Waals surface area contributed by atoms with E-state index < -0.39 is 11.2 Å². The van der Waals surface area contributed by atoms with Crippen LogP contribution >= 0.6 is 0 Å². The van der Waals surface area contributed by atoms with E-state index in [1.807, 2.05) is 0 Å². The van der Waals surface area contributed by atoms with Crippen molar-refractivity contribution in [1.82, 2.24) is 19.1 Å². The predicted octanol–water partition coefficient (Wildman–Crippen LogP) is 1.60. The van der Waals surface area contributed by atoms with Crippen LogP contribution in [0.1, 0.15) is 5.56 Å². The molecule has 9 heteroatoms. The van der Waals surface area contributed by atoms with Crippen LogP contribution in [-0.2, 0) is 17.9 Å². The van der Waals surface area contributed by atoms with Gasteiger partial charge in [-0.3, -0.25) is 19.1 Å². The fourth-order valence-electron chi connectivity index (χ4n) is 3.18. The number of amides is 1. The molecule has 0 aliphatic carbocycles. The lowest BCUT2D eigenvalue weighted by molar-refractivity contribution is -0.116. The van der Waals surface area contributed by atoms with E-state index in [0.717, 1.165) is 10.1 Å². The van der Waals surface area contributed by atoms with Crippen LogP contribution in [0.2, 0.25) is 0 Å². The number of anilines is 1.